The van der Waals surface area contributed by atoms with Crippen molar-refractivity contribution in [1.82, 2.24) is 4.98 Å². The van der Waals surface area contributed by atoms with Gasteiger partial charge in [-0.15, -0.1) is 11.6 Å². The first-order chi connectivity index (χ1) is 7.18. The van der Waals surface area contributed by atoms with Crippen molar-refractivity contribution in [3.8, 4) is 0 Å². The van der Waals surface area contributed by atoms with E-state index in [2.05, 4.69) is 30.1 Å². The minimum atomic E-state index is 0.110. The number of alkyl halides is 1. The number of hydrogen-bond donors (Lipinski definition) is 0. The molecule has 15 heavy (non-hydrogen) atoms. The van der Waals surface area contributed by atoms with Crippen molar-refractivity contribution >= 4 is 22.5 Å². The van der Waals surface area contributed by atoms with Crippen LogP contribution < -0.4 is 0 Å². The van der Waals surface area contributed by atoms with Gasteiger partial charge in [0.25, 0.3) is 0 Å². The highest BCUT2D eigenvalue weighted by molar-refractivity contribution is 6.20. The first-order valence-corrected chi connectivity index (χ1v) is 5.62. The molecule has 0 saturated carbocycles. The molecule has 0 amide bonds. The summed E-state index contributed by atoms with van der Waals surface area (Å²) in [6, 6.07) is 12.3. The quantitative estimate of drug-likeness (QED) is 0.697. The molecule has 0 radical (unpaired) electrons. The zero-order valence-corrected chi connectivity index (χ0v) is 9.70. The molecule has 2 atom stereocenters. The van der Waals surface area contributed by atoms with Crippen LogP contribution in [0.15, 0.2) is 36.4 Å². The molecule has 1 aromatic carbocycles. The van der Waals surface area contributed by atoms with E-state index in [0.29, 0.717) is 0 Å². The Morgan fingerprint density at radius 3 is 2.53 bits per heavy atom. The Morgan fingerprint density at radius 2 is 1.80 bits per heavy atom. The van der Waals surface area contributed by atoms with Crippen LogP contribution in [0.25, 0.3) is 10.9 Å². The van der Waals surface area contributed by atoms with E-state index >= 15 is 0 Å². The molecular weight excluding hydrogens is 206 g/mol. The first kappa shape index (κ1) is 10.4. The lowest BCUT2D eigenvalue weighted by Crippen LogP contribution is -2.06. The summed E-state index contributed by atoms with van der Waals surface area (Å²) in [6.07, 6.45) is 0. The normalized spacial score (nSPS) is 15.1. The molecule has 2 heteroatoms. The van der Waals surface area contributed by atoms with Crippen LogP contribution >= 0.6 is 11.6 Å². The van der Waals surface area contributed by atoms with Crippen LogP contribution in [0.5, 0.6) is 0 Å². The maximum atomic E-state index is 6.07. The number of hydrogen-bond acceptors (Lipinski definition) is 1. The molecule has 1 nitrogen and oxygen atoms in total. The van der Waals surface area contributed by atoms with E-state index in [1.165, 1.54) is 5.39 Å². The van der Waals surface area contributed by atoms with Crippen LogP contribution in [0.1, 0.15) is 25.5 Å². The van der Waals surface area contributed by atoms with E-state index < -0.39 is 0 Å². The lowest BCUT2D eigenvalue weighted by Gasteiger charge is -2.13. The second-order valence-corrected chi connectivity index (χ2v) is 4.58. The summed E-state index contributed by atoms with van der Waals surface area (Å²) in [5.74, 6) is 0.288. The fourth-order valence-electron chi connectivity index (χ4n) is 1.57. The zero-order valence-electron chi connectivity index (χ0n) is 8.94. The van der Waals surface area contributed by atoms with Gasteiger partial charge in [-0.2, -0.15) is 0 Å². The summed E-state index contributed by atoms with van der Waals surface area (Å²) >= 11 is 6.07. The Balaban J connectivity index is 2.47. The highest BCUT2D eigenvalue weighted by Gasteiger charge is 2.12. The highest BCUT2D eigenvalue weighted by Crippen LogP contribution is 2.23. The maximum Gasteiger partial charge on any atom is 0.0705 e. The summed E-state index contributed by atoms with van der Waals surface area (Å²) < 4.78 is 0. The van der Waals surface area contributed by atoms with E-state index in [1.807, 2.05) is 25.1 Å². The summed E-state index contributed by atoms with van der Waals surface area (Å²) in [5, 5.41) is 1.29. The van der Waals surface area contributed by atoms with Gasteiger partial charge in [-0.25, -0.2) is 0 Å². The number of rotatable bonds is 2. The van der Waals surface area contributed by atoms with Gasteiger partial charge < -0.3 is 0 Å². The molecule has 0 N–H and O–H groups in total. The fraction of sp³-hybridized carbons (Fsp3) is 0.308. The minimum absolute atomic E-state index is 0.110. The van der Waals surface area contributed by atoms with Crippen LogP contribution in [-0.2, 0) is 0 Å². The maximum absolute atomic E-state index is 6.07. The van der Waals surface area contributed by atoms with Crippen molar-refractivity contribution < 1.29 is 0 Å². The van der Waals surface area contributed by atoms with E-state index in [4.69, 9.17) is 11.6 Å². The van der Waals surface area contributed by atoms with Gasteiger partial charge in [0.2, 0.25) is 0 Å². The molecule has 0 aliphatic rings. The van der Waals surface area contributed by atoms with Crippen molar-refractivity contribution in [3.63, 3.8) is 0 Å². The van der Waals surface area contributed by atoms with E-state index in [9.17, 15) is 0 Å². The summed E-state index contributed by atoms with van der Waals surface area (Å²) in [4.78, 5) is 4.61. The summed E-state index contributed by atoms with van der Waals surface area (Å²) in [6.45, 7) is 4.11. The van der Waals surface area contributed by atoms with E-state index in [-0.39, 0.29) is 11.3 Å². The smallest absolute Gasteiger partial charge is 0.0705 e. The second-order valence-electron chi connectivity index (χ2n) is 3.90. The molecule has 2 aromatic rings. The fourth-order valence-corrected chi connectivity index (χ4v) is 1.70. The van der Waals surface area contributed by atoms with Gasteiger partial charge in [0.15, 0.2) is 0 Å². The van der Waals surface area contributed by atoms with Crippen molar-refractivity contribution in [3.05, 3.63) is 42.1 Å². The zero-order chi connectivity index (χ0) is 10.8. The van der Waals surface area contributed by atoms with Crippen LogP contribution in [0.2, 0.25) is 0 Å². The van der Waals surface area contributed by atoms with Crippen molar-refractivity contribution in [1.29, 1.82) is 0 Å². The molecule has 1 heterocycles. The third kappa shape index (κ3) is 2.13. The predicted molar refractivity (Wildman–Crippen MR) is 65.5 cm³/mol. The van der Waals surface area contributed by atoms with Crippen molar-refractivity contribution in [2.75, 3.05) is 0 Å². The van der Waals surface area contributed by atoms with Crippen LogP contribution in [0, 0.1) is 0 Å². The number of fused-ring (bicyclic) bond motifs is 1. The number of aromatic nitrogens is 1. The Kier molecular flexibility index (Phi) is 2.92. The molecule has 0 aliphatic heterocycles. The molecule has 2 rings (SSSR count). The Bertz CT molecular complexity index is 465. The topological polar surface area (TPSA) is 12.9 Å². The summed E-state index contributed by atoms with van der Waals surface area (Å²) in [5.41, 5.74) is 2.11. The number of benzene rings is 1. The molecule has 2 unspecified atom stereocenters. The van der Waals surface area contributed by atoms with Gasteiger partial charge in [0, 0.05) is 22.4 Å². The van der Waals surface area contributed by atoms with Gasteiger partial charge in [-0.1, -0.05) is 31.2 Å². The minimum Gasteiger partial charge on any atom is -0.253 e. The highest BCUT2D eigenvalue weighted by atomic mass is 35.5. The van der Waals surface area contributed by atoms with Gasteiger partial charge in [-0.3, -0.25) is 4.98 Å². The van der Waals surface area contributed by atoms with E-state index in [1.54, 1.807) is 0 Å². The molecule has 78 valence electrons. The van der Waals surface area contributed by atoms with Crippen LogP contribution in [0.4, 0.5) is 0 Å². The van der Waals surface area contributed by atoms with Crippen LogP contribution in [0.3, 0.4) is 0 Å². The lowest BCUT2D eigenvalue weighted by molar-refractivity contribution is 0.720. The molecule has 0 spiro atoms. The number of nitrogens with zero attached hydrogens (tertiary/aromatic N) is 1. The summed E-state index contributed by atoms with van der Waals surface area (Å²) in [7, 11) is 0. The monoisotopic (exact) mass is 219 g/mol. The number of pyridine rings is 1. The van der Waals surface area contributed by atoms with Gasteiger partial charge in [0.1, 0.15) is 0 Å². The molecule has 0 fully saturated rings. The standard InChI is InChI=1S/C13H14ClN/c1-9(10(2)14)12-8-7-11-5-3-4-6-13(11)15-12/h3-10H,1-2H3. The third-order valence-corrected chi connectivity index (χ3v) is 3.15. The lowest BCUT2D eigenvalue weighted by atomic mass is 10.0. The largest absolute Gasteiger partial charge is 0.253 e. The van der Waals surface area contributed by atoms with E-state index in [0.717, 1.165) is 11.2 Å². The molecule has 0 bridgehead atoms. The van der Waals surface area contributed by atoms with Crippen molar-refractivity contribution in [2.45, 2.75) is 25.1 Å². The van der Waals surface area contributed by atoms with Crippen LogP contribution in [-0.4, -0.2) is 10.4 Å². The molecule has 1 aromatic heterocycles. The van der Waals surface area contributed by atoms with Gasteiger partial charge in [0.05, 0.1) is 5.52 Å². The Hall–Kier alpha value is -1.08. The average Bonchev–Trinajstić information content (AvgIpc) is 2.27. The molecule has 0 saturated heterocycles. The Labute approximate surface area is 95.1 Å². The molecular formula is C13H14ClN. The van der Waals surface area contributed by atoms with Crippen molar-refractivity contribution in [2.24, 2.45) is 0 Å². The van der Waals surface area contributed by atoms with Gasteiger partial charge >= 0.3 is 0 Å². The number of para-hydroxylation sites is 1. The Morgan fingerprint density at radius 1 is 1.07 bits per heavy atom. The third-order valence-electron chi connectivity index (χ3n) is 2.78. The molecule has 0 aliphatic carbocycles. The average molecular weight is 220 g/mol. The predicted octanol–water partition coefficient (Wildman–Crippen LogP) is 3.97. The number of halogens is 1. The SMILES string of the molecule is CC(Cl)C(C)c1ccc2ccccc2n1. The second kappa shape index (κ2) is 4.19. The first-order valence-electron chi connectivity index (χ1n) is 5.18. The van der Waals surface area contributed by atoms with Gasteiger partial charge in [-0.05, 0) is 19.1 Å².